The molecule has 0 unspecified atom stereocenters. The fraction of sp³-hybridized carbons (Fsp3) is 0.276. The van der Waals surface area contributed by atoms with Crippen molar-refractivity contribution in [1.82, 2.24) is 33.9 Å². The second-order valence-corrected chi connectivity index (χ2v) is 10.1. The molecule has 1 saturated heterocycles. The Labute approximate surface area is 218 Å². The van der Waals surface area contributed by atoms with Crippen LogP contribution in [-0.2, 0) is 13.1 Å². The van der Waals surface area contributed by atoms with Gasteiger partial charge in [0.2, 0.25) is 0 Å². The maximum atomic E-state index is 13.4. The van der Waals surface area contributed by atoms with Crippen molar-refractivity contribution in [2.24, 2.45) is 0 Å². The first-order valence-corrected chi connectivity index (χ1v) is 13.0. The summed E-state index contributed by atoms with van der Waals surface area (Å²) in [5.74, 6) is 2.79. The zero-order chi connectivity index (χ0) is 25.8. The van der Waals surface area contributed by atoms with Gasteiger partial charge in [-0.2, -0.15) is 0 Å². The van der Waals surface area contributed by atoms with Gasteiger partial charge in [-0.25, -0.2) is 9.78 Å². The molecule has 5 aromatic rings. The predicted octanol–water partition coefficient (Wildman–Crippen LogP) is 4.04. The molecule has 1 aromatic carbocycles. The van der Waals surface area contributed by atoms with Crippen molar-refractivity contribution in [3.63, 3.8) is 0 Å². The van der Waals surface area contributed by atoms with E-state index in [0.717, 1.165) is 59.2 Å². The fourth-order valence-electron chi connectivity index (χ4n) is 5.99. The Kier molecular flexibility index (Phi) is 5.15. The number of amides is 2. The molecule has 0 spiro atoms. The van der Waals surface area contributed by atoms with Gasteiger partial charge in [-0.05, 0) is 49.1 Å². The minimum absolute atomic E-state index is 0.0970. The third-order valence-corrected chi connectivity index (χ3v) is 7.81. The van der Waals surface area contributed by atoms with E-state index in [0.29, 0.717) is 36.6 Å². The molecule has 6 heterocycles. The number of rotatable bonds is 2. The Bertz CT molecular complexity index is 1810. The van der Waals surface area contributed by atoms with E-state index in [1.807, 2.05) is 50.7 Å². The smallest absolute Gasteiger partial charge is 0.320 e. The number of pyridine rings is 1. The van der Waals surface area contributed by atoms with E-state index in [1.165, 1.54) is 6.42 Å². The van der Waals surface area contributed by atoms with Crippen molar-refractivity contribution in [2.75, 3.05) is 19.6 Å². The maximum absolute atomic E-state index is 13.4. The van der Waals surface area contributed by atoms with Gasteiger partial charge < -0.3 is 14.4 Å². The Hall–Kier alpha value is -4.71. The first-order valence-electron chi connectivity index (χ1n) is 13.0. The van der Waals surface area contributed by atoms with Crippen LogP contribution in [0.3, 0.4) is 0 Å². The molecule has 0 saturated carbocycles. The second-order valence-electron chi connectivity index (χ2n) is 10.1. The largest absolute Gasteiger partial charge is 0.345 e. The number of terminal acetylenes is 1. The molecule has 0 bridgehead atoms. The van der Waals surface area contributed by atoms with Crippen LogP contribution >= 0.6 is 0 Å². The standard InChI is InChI=1S/C29H27N7O2/c1-2-19-14-20-17-35(29(38)33-9-5-3-6-10-33)13-12-34-18-22(21(15-19)27(20)34)26-25(28(37)32-31-26)23-16-30-24-8-4-7-11-36(23)24/h1,4,7-8,11,14-16,18H,3,5-6,9-10,12-13,17H2,(H2,31,32,37). The summed E-state index contributed by atoms with van der Waals surface area (Å²) in [5.41, 5.74) is 6.14. The average molecular weight is 506 g/mol. The first-order chi connectivity index (χ1) is 18.6. The molecule has 2 amide bonds. The van der Waals surface area contributed by atoms with E-state index in [2.05, 4.69) is 31.9 Å². The number of fused-ring (bicyclic) bond motifs is 1. The number of likely N-dealkylation sites (tertiary alicyclic amines) is 1. The number of nitrogens with zero attached hydrogens (tertiary/aromatic N) is 5. The quantitative estimate of drug-likeness (QED) is 0.355. The molecule has 2 N–H and O–H groups in total. The van der Waals surface area contributed by atoms with Gasteiger partial charge in [0.25, 0.3) is 5.56 Å². The van der Waals surface area contributed by atoms with Crippen molar-refractivity contribution >= 4 is 22.6 Å². The lowest BCUT2D eigenvalue weighted by molar-refractivity contribution is 0.140. The van der Waals surface area contributed by atoms with E-state index < -0.39 is 0 Å². The number of aromatic nitrogens is 5. The van der Waals surface area contributed by atoms with Crippen LogP contribution < -0.4 is 5.56 Å². The SMILES string of the molecule is C#Cc1cc2c3c(c1)c(-c1[nH][nH]c(=O)c1-c1cnc4ccccn14)cn3CCN(C(=O)N1CCCCC1)C2. The Balaban J connectivity index is 1.36. The number of imidazole rings is 1. The third kappa shape index (κ3) is 3.44. The van der Waals surface area contributed by atoms with Crippen molar-refractivity contribution in [2.45, 2.75) is 32.4 Å². The number of hydrogen-bond donors (Lipinski definition) is 2. The van der Waals surface area contributed by atoms with Crippen molar-refractivity contribution in [1.29, 1.82) is 0 Å². The molecule has 0 radical (unpaired) electrons. The second kappa shape index (κ2) is 8.70. The summed E-state index contributed by atoms with van der Waals surface area (Å²) in [5, 5.41) is 6.85. The monoisotopic (exact) mass is 505 g/mol. The van der Waals surface area contributed by atoms with E-state index in [4.69, 9.17) is 6.42 Å². The number of H-pyrrole nitrogens is 2. The minimum atomic E-state index is -0.217. The first kappa shape index (κ1) is 22.5. The molecular formula is C29H27N7O2. The van der Waals surface area contributed by atoms with Gasteiger partial charge in [-0.15, -0.1) is 6.42 Å². The summed E-state index contributed by atoms with van der Waals surface area (Å²) in [6.45, 7) is 3.38. The van der Waals surface area contributed by atoms with Crippen LogP contribution in [0.5, 0.6) is 0 Å². The zero-order valence-electron chi connectivity index (χ0n) is 20.9. The zero-order valence-corrected chi connectivity index (χ0v) is 20.9. The summed E-state index contributed by atoms with van der Waals surface area (Å²) >= 11 is 0. The number of aromatic amines is 2. The molecule has 0 atom stereocenters. The van der Waals surface area contributed by atoms with E-state index in [1.54, 1.807) is 6.20 Å². The van der Waals surface area contributed by atoms with Crippen LogP contribution in [0.25, 0.3) is 39.1 Å². The number of piperidine rings is 1. The Morgan fingerprint density at radius 2 is 1.89 bits per heavy atom. The van der Waals surface area contributed by atoms with E-state index >= 15 is 0 Å². The van der Waals surface area contributed by atoms with Gasteiger partial charge in [0, 0.05) is 61.6 Å². The van der Waals surface area contributed by atoms with Crippen molar-refractivity contribution < 1.29 is 4.79 Å². The van der Waals surface area contributed by atoms with Gasteiger partial charge in [0.1, 0.15) is 5.65 Å². The van der Waals surface area contributed by atoms with Crippen LogP contribution in [0.15, 0.2) is 53.7 Å². The molecule has 190 valence electrons. The number of urea groups is 1. The summed E-state index contributed by atoms with van der Waals surface area (Å²) in [6, 6.07) is 9.85. The summed E-state index contributed by atoms with van der Waals surface area (Å²) in [6.07, 6.45) is 14.9. The average Bonchev–Trinajstić information content (AvgIpc) is 3.61. The van der Waals surface area contributed by atoms with Gasteiger partial charge in [0.15, 0.2) is 0 Å². The Morgan fingerprint density at radius 3 is 2.74 bits per heavy atom. The molecular weight excluding hydrogens is 478 g/mol. The summed E-state index contributed by atoms with van der Waals surface area (Å²) in [7, 11) is 0. The molecule has 4 aromatic heterocycles. The molecule has 2 aliphatic heterocycles. The van der Waals surface area contributed by atoms with Gasteiger partial charge in [-0.3, -0.25) is 19.4 Å². The lowest BCUT2D eigenvalue weighted by Crippen LogP contribution is -2.45. The van der Waals surface area contributed by atoms with Crippen molar-refractivity contribution in [3.8, 4) is 34.9 Å². The predicted molar refractivity (Wildman–Crippen MR) is 146 cm³/mol. The van der Waals surface area contributed by atoms with Crippen LogP contribution in [-0.4, -0.2) is 59.6 Å². The molecule has 2 aliphatic rings. The highest BCUT2D eigenvalue weighted by Crippen LogP contribution is 2.38. The third-order valence-electron chi connectivity index (χ3n) is 7.81. The number of nitrogens with one attached hydrogen (secondary N) is 2. The molecule has 9 heteroatoms. The van der Waals surface area contributed by atoms with Gasteiger partial charge in [0.05, 0.1) is 28.7 Å². The van der Waals surface area contributed by atoms with Crippen molar-refractivity contribution in [3.05, 3.63) is 70.4 Å². The van der Waals surface area contributed by atoms with Gasteiger partial charge >= 0.3 is 6.03 Å². The summed E-state index contributed by atoms with van der Waals surface area (Å²) in [4.78, 5) is 34.9. The lowest BCUT2D eigenvalue weighted by Gasteiger charge is -2.32. The minimum Gasteiger partial charge on any atom is -0.345 e. The molecule has 1 fully saturated rings. The lowest BCUT2D eigenvalue weighted by atomic mass is 10.0. The highest BCUT2D eigenvalue weighted by Gasteiger charge is 2.28. The fourth-order valence-corrected chi connectivity index (χ4v) is 5.99. The van der Waals surface area contributed by atoms with Crippen LogP contribution in [0.2, 0.25) is 0 Å². The maximum Gasteiger partial charge on any atom is 0.320 e. The van der Waals surface area contributed by atoms with Crippen LogP contribution in [0.1, 0.15) is 30.4 Å². The highest BCUT2D eigenvalue weighted by molar-refractivity contribution is 6.01. The normalized spacial score (nSPS) is 15.7. The number of benzene rings is 1. The molecule has 7 rings (SSSR count). The van der Waals surface area contributed by atoms with Crippen LogP contribution in [0, 0.1) is 12.3 Å². The number of carbonyl (C=O) groups excluding carboxylic acids is 1. The molecule has 0 aliphatic carbocycles. The molecule has 9 nitrogen and oxygen atoms in total. The number of hydrogen-bond acceptors (Lipinski definition) is 3. The topological polar surface area (TPSA) is 94.4 Å². The highest BCUT2D eigenvalue weighted by atomic mass is 16.2. The number of carbonyl (C=O) groups is 1. The molecule has 38 heavy (non-hydrogen) atoms. The van der Waals surface area contributed by atoms with E-state index in [-0.39, 0.29) is 11.6 Å². The van der Waals surface area contributed by atoms with Gasteiger partial charge in [-0.1, -0.05) is 12.0 Å². The van der Waals surface area contributed by atoms with Crippen LogP contribution in [0.4, 0.5) is 4.79 Å². The summed E-state index contributed by atoms with van der Waals surface area (Å²) < 4.78 is 4.10. The van der Waals surface area contributed by atoms with E-state index in [9.17, 15) is 9.59 Å². The Morgan fingerprint density at radius 1 is 1.03 bits per heavy atom.